The van der Waals surface area contributed by atoms with Crippen molar-refractivity contribution in [3.8, 4) is 0 Å². The number of hydrogen-bond acceptors (Lipinski definition) is 1. The molecule has 0 aliphatic carbocycles. The van der Waals surface area contributed by atoms with E-state index in [0.717, 1.165) is 25.1 Å². The topological polar surface area (TPSA) is 36.1 Å². The number of hydrogen-bond donors (Lipinski definition) is 1. The molecule has 0 unspecified atom stereocenters. The Kier molecular flexibility index (Phi) is 3.11. The van der Waals surface area contributed by atoms with E-state index in [2.05, 4.69) is 30.1 Å². The number of carbonyl (C=O) groups is 1. The normalized spacial score (nSPS) is 14.3. The van der Waals surface area contributed by atoms with Gasteiger partial charge in [-0.25, -0.2) is 0 Å². The third-order valence-electron chi connectivity index (χ3n) is 3.75. The highest BCUT2D eigenvalue weighted by atomic mass is 16.2. The number of H-pyrrole nitrogens is 1. The molecule has 3 nitrogen and oxygen atoms in total. The lowest BCUT2D eigenvalue weighted by Gasteiger charge is -2.27. The molecule has 1 aromatic heterocycles. The van der Waals surface area contributed by atoms with E-state index < -0.39 is 0 Å². The molecule has 98 valence electrons. The monoisotopic (exact) mass is 254 g/mol. The van der Waals surface area contributed by atoms with Crippen LogP contribution in [0.25, 0.3) is 0 Å². The van der Waals surface area contributed by atoms with Crippen LogP contribution in [0, 0.1) is 6.92 Å². The Hall–Kier alpha value is -2.03. The van der Waals surface area contributed by atoms with Gasteiger partial charge in [-0.2, -0.15) is 0 Å². The fourth-order valence-corrected chi connectivity index (χ4v) is 2.55. The largest absolute Gasteiger partial charge is 0.365 e. The molecule has 1 aromatic carbocycles. The predicted octanol–water partition coefficient (Wildman–Crippen LogP) is 2.45. The number of aryl methyl sites for hydroxylation is 1. The van der Waals surface area contributed by atoms with E-state index in [1.165, 1.54) is 16.8 Å². The lowest BCUT2D eigenvalue weighted by atomic mass is 10.1. The quantitative estimate of drug-likeness (QED) is 0.878. The summed E-state index contributed by atoms with van der Waals surface area (Å²) in [5.41, 5.74) is 4.85. The molecule has 1 aliphatic rings. The van der Waals surface area contributed by atoms with Gasteiger partial charge in [-0.1, -0.05) is 29.8 Å². The van der Waals surface area contributed by atoms with Gasteiger partial charge in [0.05, 0.1) is 6.42 Å². The van der Waals surface area contributed by atoms with Crippen molar-refractivity contribution >= 4 is 5.91 Å². The van der Waals surface area contributed by atoms with Crippen LogP contribution in [0.15, 0.2) is 36.5 Å². The molecule has 19 heavy (non-hydrogen) atoms. The number of nitrogens with one attached hydrogen (secondary N) is 1. The van der Waals surface area contributed by atoms with Gasteiger partial charge in [0.15, 0.2) is 0 Å². The molecule has 2 heterocycles. The van der Waals surface area contributed by atoms with Crippen molar-refractivity contribution in [2.24, 2.45) is 0 Å². The first-order valence-corrected chi connectivity index (χ1v) is 6.71. The number of benzene rings is 1. The predicted molar refractivity (Wildman–Crippen MR) is 74.8 cm³/mol. The van der Waals surface area contributed by atoms with Crippen LogP contribution < -0.4 is 0 Å². The molecule has 3 heteroatoms. The Morgan fingerprint density at radius 1 is 1.26 bits per heavy atom. The first-order valence-electron chi connectivity index (χ1n) is 6.71. The summed E-state index contributed by atoms with van der Waals surface area (Å²) in [5.74, 6) is 0.218. The number of carbonyl (C=O) groups excluding carboxylic acids is 1. The number of rotatable bonds is 2. The molecule has 0 bridgehead atoms. The van der Waals surface area contributed by atoms with Crippen LogP contribution in [0.4, 0.5) is 0 Å². The van der Waals surface area contributed by atoms with Crippen molar-refractivity contribution < 1.29 is 4.79 Å². The molecule has 3 rings (SSSR count). The van der Waals surface area contributed by atoms with Gasteiger partial charge in [-0.3, -0.25) is 4.79 Å². The summed E-state index contributed by atoms with van der Waals surface area (Å²) in [6.07, 6.45) is 3.39. The zero-order valence-electron chi connectivity index (χ0n) is 11.1. The molecule has 0 saturated heterocycles. The summed E-state index contributed by atoms with van der Waals surface area (Å²) in [5, 5.41) is 0. The summed E-state index contributed by atoms with van der Waals surface area (Å²) in [6.45, 7) is 3.62. The van der Waals surface area contributed by atoms with E-state index >= 15 is 0 Å². The van der Waals surface area contributed by atoms with Crippen molar-refractivity contribution in [1.82, 2.24) is 9.88 Å². The lowest BCUT2D eigenvalue weighted by molar-refractivity contribution is -0.131. The van der Waals surface area contributed by atoms with Crippen molar-refractivity contribution in [1.29, 1.82) is 0 Å². The average molecular weight is 254 g/mol. The lowest BCUT2D eigenvalue weighted by Crippen LogP contribution is -2.36. The molecule has 0 saturated carbocycles. The Labute approximate surface area is 113 Å². The summed E-state index contributed by atoms with van der Waals surface area (Å²) in [4.78, 5) is 17.5. The van der Waals surface area contributed by atoms with E-state index in [1.54, 1.807) is 0 Å². The van der Waals surface area contributed by atoms with Gasteiger partial charge < -0.3 is 9.88 Å². The van der Waals surface area contributed by atoms with Gasteiger partial charge in [0.25, 0.3) is 0 Å². The second-order valence-electron chi connectivity index (χ2n) is 5.21. The highest BCUT2D eigenvalue weighted by Crippen LogP contribution is 2.18. The van der Waals surface area contributed by atoms with Crippen LogP contribution in [0.3, 0.4) is 0 Å². The Balaban J connectivity index is 1.67. The first-order chi connectivity index (χ1) is 9.22. The van der Waals surface area contributed by atoms with Gasteiger partial charge in [0, 0.05) is 31.4 Å². The fourth-order valence-electron chi connectivity index (χ4n) is 2.55. The summed E-state index contributed by atoms with van der Waals surface area (Å²) < 4.78 is 0. The zero-order chi connectivity index (χ0) is 13.2. The van der Waals surface area contributed by atoms with Crippen LogP contribution in [0.5, 0.6) is 0 Å². The summed E-state index contributed by atoms with van der Waals surface area (Å²) in [7, 11) is 0. The minimum atomic E-state index is 0.218. The fraction of sp³-hybridized carbons (Fsp3) is 0.312. The number of nitrogens with zero attached hydrogens (tertiary/aromatic N) is 1. The molecule has 1 N–H and O–H groups in total. The SMILES string of the molecule is Cc1ccc(CC(=O)N2CCc3[nH]ccc3C2)cc1. The second kappa shape index (κ2) is 4.92. The molecule has 0 fully saturated rings. The van der Waals surface area contributed by atoms with Crippen LogP contribution in [-0.2, 0) is 24.2 Å². The number of aromatic amines is 1. The van der Waals surface area contributed by atoms with Crippen molar-refractivity contribution in [2.45, 2.75) is 26.3 Å². The highest BCUT2D eigenvalue weighted by molar-refractivity contribution is 5.79. The molecule has 1 amide bonds. The van der Waals surface area contributed by atoms with Crippen molar-refractivity contribution in [3.05, 3.63) is 58.9 Å². The number of aromatic nitrogens is 1. The smallest absolute Gasteiger partial charge is 0.227 e. The Bertz CT molecular complexity index is 583. The average Bonchev–Trinajstić information content (AvgIpc) is 2.88. The van der Waals surface area contributed by atoms with E-state index in [0.29, 0.717) is 6.42 Å². The number of fused-ring (bicyclic) bond motifs is 1. The molecular formula is C16H18N2O. The molecule has 0 radical (unpaired) electrons. The van der Waals surface area contributed by atoms with Crippen molar-refractivity contribution in [3.63, 3.8) is 0 Å². The van der Waals surface area contributed by atoms with Crippen molar-refractivity contribution in [2.75, 3.05) is 6.54 Å². The minimum absolute atomic E-state index is 0.218. The van der Waals surface area contributed by atoms with E-state index in [-0.39, 0.29) is 5.91 Å². The van der Waals surface area contributed by atoms with Gasteiger partial charge in [-0.15, -0.1) is 0 Å². The van der Waals surface area contributed by atoms with E-state index in [4.69, 9.17) is 0 Å². The Morgan fingerprint density at radius 2 is 2.05 bits per heavy atom. The zero-order valence-corrected chi connectivity index (χ0v) is 11.1. The number of amides is 1. The van der Waals surface area contributed by atoms with Crippen LogP contribution in [0.2, 0.25) is 0 Å². The molecular weight excluding hydrogens is 236 g/mol. The van der Waals surface area contributed by atoms with Gasteiger partial charge in [0.2, 0.25) is 5.91 Å². The third kappa shape index (κ3) is 2.55. The maximum absolute atomic E-state index is 12.3. The maximum Gasteiger partial charge on any atom is 0.227 e. The standard InChI is InChI=1S/C16H18N2O/c1-12-2-4-13(5-3-12)10-16(19)18-9-7-15-14(11-18)6-8-17-15/h2-6,8,17H,7,9-11H2,1H3. The maximum atomic E-state index is 12.3. The Morgan fingerprint density at radius 3 is 2.84 bits per heavy atom. The van der Waals surface area contributed by atoms with Crippen LogP contribution in [0.1, 0.15) is 22.4 Å². The molecule has 0 spiro atoms. The summed E-state index contributed by atoms with van der Waals surface area (Å²) in [6, 6.07) is 10.3. The summed E-state index contributed by atoms with van der Waals surface area (Å²) >= 11 is 0. The first kappa shape index (κ1) is 12.0. The third-order valence-corrected chi connectivity index (χ3v) is 3.75. The minimum Gasteiger partial charge on any atom is -0.365 e. The van der Waals surface area contributed by atoms with Gasteiger partial charge in [0.1, 0.15) is 0 Å². The molecule has 0 atom stereocenters. The molecule has 1 aliphatic heterocycles. The second-order valence-corrected chi connectivity index (χ2v) is 5.21. The highest BCUT2D eigenvalue weighted by Gasteiger charge is 2.21. The van der Waals surface area contributed by atoms with Crippen LogP contribution >= 0.6 is 0 Å². The van der Waals surface area contributed by atoms with Gasteiger partial charge in [-0.05, 0) is 24.1 Å². The van der Waals surface area contributed by atoms with Gasteiger partial charge >= 0.3 is 0 Å². The van der Waals surface area contributed by atoms with Crippen LogP contribution in [-0.4, -0.2) is 22.3 Å². The molecule has 2 aromatic rings. The van der Waals surface area contributed by atoms with E-state index in [1.807, 2.05) is 23.2 Å². The van der Waals surface area contributed by atoms with E-state index in [9.17, 15) is 4.79 Å².